The van der Waals surface area contributed by atoms with E-state index in [1.165, 1.54) is 37.3 Å². The van der Waals surface area contributed by atoms with Crippen molar-refractivity contribution in [1.82, 2.24) is 9.88 Å². The summed E-state index contributed by atoms with van der Waals surface area (Å²) in [5, 5.41) is 0.924. The van der Waals surface area contributed by atoms with Crippen LogP contribution in [0.2, 0.25) is 0 Å². The van der Waals surface area contributed by atoms with E-state index in [9.17, 15) is 4.79 Å². The molecule has 2 aliphatic rings. The number of hydrogen-bond acceptors (Lipinski definition) is 6. The van der Waals surface area contributed by atoms with Crippen LogP contribution in [0.25, 0.3) is 0 Å². The molecule has 0 saturated carbocycles. The van der Waals surface area contributed by atoms with Crippen molar-refractivity contribution >= 4 is 22.4 Å². The fraction of sp³-hybridized carbons (Fsp3) is 0.750. The molecule has 0 aliphatic carbocycles. The molecule has 3 heterocycles. The van der Waals surface area contributed by atoms with Gasteiger partial charge in [-0.2, -0.15) is 0 Å². The summed E-state index contributed by atoms with van der Waals surface area (Å²) in [5.74, 6) is 0.296. The second kappa shape index (κ2) is 7.59. The number of primary amides is 1. The van der Waals surface area contributed by atoms with Crippen LogP contribution < -0.4 is 10.6 Å². The zero-order valence-electron chi connectivity index (χ0n) is 13.7. The Morgan fingerprint density at radius 3 is 2.83 bits per heavy atom. The Hall–Kier alpha value is -1.18. The van der Waals surface area contributed by atoms with Crippen molar-refractivity contribution in [3.63, 3.8) is 0 Å². The highest BCUT2D eigenvalue weighted by molar-refractivity contribution is 7.17. The van der Waals surface area contributed by atoms with E-state index in [1.54, 1.807) is 13.3 Å². The summed E-state index contributed by atoms with van der Waals surface area (Å²) in [7, 11) is 1.80. The highest BCUT2D eigenvalue weighted by atomic mass is 32.1. The molecule has 1 aromatic rings. The number of nitrogens with two attached hydrogens (primary N) is 1. The number of aromatic nitrogens is 1. The van der Waals surface area contributed by atoms with Crippen LogP contribution in [0.4, 0.5) is 5.13 Å². The van der Waals surface area contributed by atoms with Crippen LogP contribution in [0, 0.1) is 5.92 Å². The number of carbonyl (C=O) groups excluding carboxylic acids is 1. The van der Waals surface area contributed by atoms with Crippen molar-refractivity contribution in [2.24, 2.45) is 11.7 Å². The maximum atomic E-state index is 11.2. The van der Waals surface area contributed by atoms with E-state index in [-0.39, 0.29) is 5.91 Å². The van der Waals surface area contributed by atoms with Gasteiger partial charge in [-0.15, -0.1) is 0 Å². The Balaban J connectivity index is 1.52. The molecule has 23 heavy (non-hydrogen) atoms. The molecule has 0 radical (unpaired) electrons. The molecule has 1 amide bonds. The Kier molecular flexibility index (Phi) is 5.50. The molecule has 2 aliphatic heterocycles. The number of hydrogen-bond donors (Lipinski definition) is 1. The van der Waals surface area contributed by atoms with Crippen LogP contribution in [0.1, 0.15) is 35.4 Å². The van der Waals surface area contributed by atoms with E-state index in [0.29, 0.717) is 16.8 Å². The number of carbonyl (C=O) groups is 1. The van der Waals surface area contributed by atoms with Gasteiger partial charge < -0.3 is 15.4 Å². The molecular formula is C16H26N4O2S. The zero-order valence-corrected chi connectivity index (χ0v) is 14.6. The van der Waals surface area contributed by atoms with Crippen LogP contribution in [0.15, 0.2) is 6.20 Å². The van der Waals surface area contributed by atoms with Crippen molar-refractivity contribution in [2.75, 3.05) is 44.8 Å². The Morgan fingerprint density at radius 2 is 2.17 bits per heavy atom. The van der Waals surface area contributed by atoms with Gasteiger partial charge in [0, 0.05) is 32.8 Å². The molecule has 0 aromatic carbocycles. The fourth-order valence-corrected chi connectivity index (χ4v) is 4.57. The van der Waals surface area contributed by atoms with Crippen molar-refractivity contribution in [3.05, 3.63) is 11.1 Å². The lowest BCUT2D eigenvalue weighted by Crippen LogP contribution is -2.49. The van der Waals surface area contributed by atoms with Crippen molar-refractivity contribution in [2.45, 2.75) is 31.7 Å². The summed E-state index contributed by atoms with van der Waals surface area (Å²) in [6.45, 7) is 5.27. The maximum absolute atomic E-state index is 11.2. The van der Waals surface area contributed by atoms with Gasteiger partial charge in [-0.25, -0.2) is 4.98 Å². The second-order valence-corrected chi connectivity index (χ2v) is 7.56. The Morgan fingerprint density at radius 1 is 1.39 bits per heavy atom. The SMILES string of the molecule is COC[C@@H]1CCCN(C2CCN(c3ncc(C(N)=O)s3)CC2)C1. The van der Waals surface area contributed by atoms with Crippen LogP contribution in [-0.2, 0) is 4.74 Å². The third-order valence-corrected chi connectivity index (χ3v) is 6.01. The molecular weight excluding hydrogens is 312 g/mol. The zero-order chi connectivity index (χ0) is 16.2. The largest absolute Gasteiger partial charge is 0.384 e. The highest BCUT2D eigenvalue weighted by Gasteiger charge is 2.29. The van der Waals surface area contributed by atoms with Gasteiger partial charge in [-0.05, 0) is 38.1 Å². The number of nitrogens with zero attached hydrogens (tertiary/aromatic N) is 3. The quantitative estimate of drug-likeness (QED) is 0.882. The van der Waals surface area contributed by atoms with E-state index in [0.717, 1.165) is 37.7 Å². The number of thiazole rings is 1. The summed E-state index contributed by atoms with van der Waals surface area (Å²) in [4.78, 5) is 21.0. The topological polar surface area (TPSA) is 71.7 Å². The van der Waals surface area contributed by atoms with Gasteiger partial charge in [0.15, 0.2) is 5.13 Å². The van der Waals surface area contributed by atoms with Gasteiger partial charge >= 0.3 is 0 Å². The number of likely N-dealkylation sites (tertiary alicyclic amines) is 1. The summed E-state index contributed by atoms with van der Waals surface area (Å²) in [5.41, 5.74) is 5.31. The third-order valence-electron chi connectivity index (χ3n) is 4.94. The van der Waals surface area contributed by atoms with Crippen LogP contribution in [-0.4, -0.2) is 61.7 Å². The van der Waals surface area contributed by atoms with Gasteiger partial charge in [0.25, 0.3) is 5.91 Å². The number of rotatable bonds is 5. The molecule has 6 nitrogen and oxygen atoms in total. The summed E-state index contributed by atoms with van der Waals surface area (Å²) >= 11 is 1.40. The molecule has 7 heteroatoms. The number of anilines is 1. The maximum Gasteiger partial charge on any atom is 0.260 e. The average Bonchev–Trinajstić information content (AvgIpc) is 3.06. The molecule has 1 atom stereocenters. The van der Waals surface area contributed by atoms with Crippen molar-refractivity contribution in [3.8, 4) is 0 Å². The molecule has 128 valence electrons. The summed E-state index contributed by atoms with van der Waals surface area (Å²) < 4.78 is 5.33. The van der Waals surface area contributed by atoms with Crippen LogP contribution >= 0.6 is 11.3 Å². The summed E-state index contributed by atoms with van der Waals surface area (Å²) in [6, 6.07) is 0.668. The third kappa shape index (κ3) is 4.02. The van der Waals surface area contributed by atoms with E-state index in [4.69, 9.17) is 10.5 Å². The Bertz CT molecular complexity index is 526. The first-order chi connectivity index (χ1) is 11.2. The molecule has 3 rings (SSSR count). The lowest BCUT2D eigenvalue weighted by atomic mass is 9.94. The first kappa shape index (κ1) is 16.7. The van der Waals surface area contributed by atoms with Gasteiger partial charge in [0.05, 0.1) is 12.8 Å². The molecule has 1 aromatic heterocycles. The van der Waals surface area contributed by atoms with E-state index in [2.05, 4.69) is 14.8 Å². The smallest absolute Gasteiger partial charge is 0.260 e. The highest BCUT2D eigenvalue weighted by Crippen LogP contribution is 2.28. The molecule has 0 spiro atoms. The fourth-order valence-electron chi connectivity index (χ4n) is 3.75. The van der Waals surface area contributed by atoms with Crippen LogP contribution in [0.5, 0.6) is 0 Å². The standard InChI is InChI=1S/C16H26N4O2S/c1-22-11-12-3-2-6-20(10-12)13-4-7-19(8-5-13)16-18-9-14(23-16)15(17)21/h9,12-13H,2-8,10-11H2,1H3,(H2,17,21)/t12-/m1/s1. The monoisotopic (exact) mass is 338 g/mol. The van der Waals surface area contributed by atoms with E-state index in [1.807, 2.05) is 0 Å². The molecule has 2 fully saturated rings. The van der Waals surface area contributed by atoms with Gasteiger partial charge in [0.1, 0.15) is 4.88 Å². The number of ether oxygens (including phenoxy) is 1. The van der Waals surface area contributed by atoms with Gasteiger partial charge in [0.2, 0.25) is 0 Å². The van der Waals surface area contributed by atoms with Crippen LogP contribution in [0.3, 0.4) is 0 Å². The predicted octanol–water partition coefficient (Wildman–Crippen LogP) is 1.57. The van der Waals surface area contributed by atoms with E-state index >= 15 is 0 Å². The minimum atomic E-state index is -0.388. The molecule has 0 unspecified atom stereocenters. The first-order valence-electron chi connectivity index (χ1n) is 8.41. The van der Waals surface area contributed by atoms with Gasteiger partial charge in [-0.3, -0.25) is 9.69 Å². The van der Waals surface area contributed by atoms with E-state index < -0.39 is 0 Å². The van der Waals surface area contributed by atoms with Crippen molar-refractivity contribution in [1.29, 1.82) is 0 Å². The first-order valence-corrected chi connectivity index (χ1v) is 9.22. The number of methoxy groups -OCH3 is 1. The molecule has 0 bridgehead atoms. The number of amides is 1. The molecule has 2 N–H and O–H groups in total. The summed E-state index contributed by atoms with van der Waals surface area (Å²) in [6.07, 6.45) is 6.48. The minimum absolute atomic E-state index is 0.388. The number of piperidine rings is 2. The lowest BCUT2D eigenvalue weighted by molar-refractivity contribution is 0.0609. The predicted molar refractivity (Wildman–Crippen MR) is 92.0 cm³/mol. The Labute approximate surface area is 141 Å². The average molecular weight is 338 g/mol. The molecule has 2 saturated heterocycles. The normalized spacial score (nSPS) is 24.0. The van der Waals surface area contributed by atoms with Crippen molar-refractivity contribution < 1.29 is 9.53 Å². The lowest BCUT2D eigenvalue weighted by Gasteiger charge is -2.42. The van der Waals surface area contributed by atoms with Gasteiger partial charge in [-0.1, -0.05) is 11.3 Å². The minimum Gasteiger partial charge on any atom is -0.384 e. The second-order valence-electron chi connectivity index (χ2n) is 6.55.